The van der Waals surface area contributed by atoms with Crippen molar-refractivity contribution in [1.29, 1.82) is 0 Å². The summed E-state index contributed by atoms with van der Waals surface area (Å²) in [6.07, 6.45) is 12.0. The van der Waals surface area contributed by atoms with E-state index in [9.17, 15) is 0 Å². The minimum atomic E-state index is 0.111. The molecule has 0 radical (unpaired) electrons. The third-order valence-corrected chi connectivity index (χ3v) is 3.15. The topological polar surface area (TPSA) is 26.0 Å². The number of rotatable bonds is 7. The smallest absolute Gasteiger partial charge is 0.0241 e. The summed E-state index contributed by atoms with van der Waals surface area (Å²) in [7, 11) is 0. The van der Waals surface area contributed by atoms with Crippen molar-refractivity contribution in [3.05, 3.63) is 98.3 Å². The summed E-state index contributed by atoms with van der Waals surface area (Å²) < 4.78 is 0. The number of hydrogen-bond acceptors (Lipinski definition) is 1. The van der Waals surface area contributed by atoms with Crippen molar-refractivity contribution in [2.75, 3.05) is 0 Å². The lowest BCUT2D eigenvalue weighted by Crippen LogP contribution is -2.10. The Morgan fingerprint density at radius 3 is 1.46 bits per heavy atom. The van der Waals surface area contributed by atoms with Crippen LogP contribution in [0.2, 0.25) is 0 Å². The van der Waals surface area contributed by atoms with Gasteiger partial charge in [0.1, 0.15) is 0 Å². The molecule has 0 aromatic heterocycles. The van der Waals surface area contributed by atoms with E-state index in [0.717, 1.165) is 23.1 Å². The van der Waals surface area contributed by atoms with Crippen LogP contribution >= 0.6 is 0 Å². The van der Waals surface area contributed by atoms with Gasteiger partial charge in [-0.05, 0) is 48.5 Å². The largest absolute Gasteiger partial charge is 0.399 e. The molecule has 0 heterocycles. The fourth-order valence-electron chi connectivity index (χ4n) is 1.08. The molecule has 0 spiro atoms. The predicted octanol–water partition coefficient (Wildman–Crippen LogP) is 7.06. The van der Waals surface area contributed by atoms with Crippen molar-refractivity contribution in [2.45, 2.75) is 41.0 Å². The molecule has 134 valence electrons. The minimum Gasteiger partial charge on any atom is -0.399 e. The molecular weight excluding hydrogens is 290 g/mol. The van der Waals surface area contributed by atoms with Crippen molar-refractivity contribution in [1.82, 2.24) is 0 Å². The molecule has 0 aromatic rings. The third-order valence-electron chi connectivity index (χ3n) is 3.15. The Labute approximate surface area is 151 Å². The SMILES string of the molecule is C=C(N)/C=C\C(=C)C(=C)/C=C\C(=C)C(C)(C)CC.C=CC.C=CC. The first-order valence-corrected chi connectivity index (χ1v) is 8.06. The summed E-state index contributed by atoms with van der Waals surface area (Å²) in [5.74, 6) is 0. The molecule has 0 aliphatic heterocycles. The van der Waals surface area contributed by atoms with Crippen LogP contribution in [0, 0.1) is 5.41 Å². The fraction of sp³-hybridized carbons (Fsp3) is 0.304. The second-order valence-corrected chi connectivity index (χ2v) is 5.87. The Balaban J connectivity index is -0.000000635. The van der Waals surface area contributed by atoms with Crippen molar-refractivity contribution in [2.24, 2.45) is 11.1 Å². The van der Waals surface area contributed by atoms with Crippen molar-refractivity contribution >= 4 is 0 Å². The molecule has 0 saturated heterocycles. The van der Waals surface area contributed by atoms with E-state index in [1.54, 1.807) is 18.2 Å². The Morgan fingerprint density at radius 1 is 0.833 bits per heavy atom. The van der Waals surface area contributed by atoms with Gasteiger partial charge >= 0.3 is 0 Å². The first-order chi connectivity index (χ1) is 11.0. The highest BCUT2D eigenvalue weighted by atomic mass is 14.5. The van der Waals surface area contributed by atoms with Crippen LogP contribution in [0.25, 0.3) is 0 Å². The van der Waals surface area contributed by atoms with Crippen LogP contribution in [0.15, 0.2) is 98.3 Å². The molecule has 0 fully saturated rings. The molecule has 0 unspecified atom stereocenters. The molecule has 2 N–H and O–H groups in total. The van der Waals surface area contributed by atoms with Gasteiger partial charge in [-0.15, -0.1) is 13.2 Å². The van der Waals surface area contributed by atoms with Crippen LogP contribution in [0.5, 0.6) is 0 Å². The van der Waals surface area contributed by atoms with Gasteiger partial charge in [0.05, 0.1) is 0 Å². The molecule has 0 aliphatic carbocycles. The van der Waals surface area contributed by atoms with Crippen LogP contribution < -0.4 is 5.73 Å². The zero-order chi connectivity index (χ0) is 19.8. The van der Waals surface area contributed by atoms with Crippen LogP contribution in [0.4, 0.5) is 0 Å². The Kier molecular flexibility index (Phi) is 17.3. The number of allylic oxidation sites excluding steroid dienone is 9. The van der Waals surface area contributed by atoms with Gasteiger partial charge in [-0.2, -0.15) is 0 Å². The van der Waals surface area contributed by atoms with Gasteiger partial charge in [-0.1, -0.05) is 77.5 Å². The normalized spacial score (nSPS) is 10.0. The van der Waals surface area contributed by atoms with Crippen molar-refractivity contribution < 1.29 is 0 Å². The van der Waals surface area contributed by atoms with Crippen LogP contribution in [-0.2, 0) is 0 Å². The van der Waals surface area contributed by atoms with E-state index in [1.807, 2.05) is 32.1 Å². The highest BCUT2D eigenvalue weighted by molar-refractivity contribution is 5.45. The van der Waals surface area contributed by atoms with Crippen molar-refractivity contribution in [3.8, 4) is 0 Å². The molecule has 0 aromatic carbocycles. The zero-order valence-corrected chi connectivity index (χ0v) is 16.5. The molecule has 0 atom stereocenters. The first kappa shape index (κ1) is 26.6. The molecule has 0 bridgehead atoms. The van der Waals surface area contributed by atoms with Gasteiger partial charge in [0.15, 0.2) is 0 Å². The maximum Gasteiger partial charge on any atom is 0.0241 e. The lowest BCUT2D eigenvalue weighted by Gasteiger charge is -2.23. The molecule has 24 heavy (non-hydrogen) atoms. The molecule has 0 rings (SSSR count). The highest BCUT2D eigenvalue weighted by Crippen LogP contribution is 2.29. The van der Waals surface area contributed by atoms with Gasteiger partial charge in [0, 0.05) is 5.70 Å². The fourth-order valence-corrected chi connectivity index (χ4v) is 1.08. The van der Waals surface area contributed by atoms with Gasteiger partial charge in [0.25, 0.3) is 0 Å². The minimum absolute atomic E-state index is 0.111. The highest BCUT2D eigenvalue weighted by Gasteiger charge is 2.16. The van der Waals surface area contributed by atoms with Gasteiger partial charge in [-0.25, -0.2) is 0 Å². The average Bonchev–Trinajstić information content (AvgIpc) is 2.51. The summed E-state index contributed by atoms with van der Waals surface area (Å²) in [5, 5.41) is 0. The van der Waals surface area contributed by atoms with E-state index < -0.39 is 0 Å². The average molecular weight is 328 g/mol. The maximum absolute atomic E-state index is 5.45. The number of nitrogens with two attached hydrogens (primary N) is 1. The molecule has 0 amide bonds. The summed E-state index contributed by atoms with van der Waals surface area (Å²) in [5.41, 5.74) is 8.82. The van der Waals surface area contributed by atoms with Crippen LogP contribution in [0.1, 0.15) is 41.0 Å². The summed E-state index contributed by atoms with van der Waals surface area (Å²) in [6, 6.07) is 0. The van der Waals surface area contributed by atoms with Gasteiger partial charge < -0.3 is 5.73 Å². The second-order valence-electron chi connectivity index (χ2n) is 5.87. The van der Waals surface area contributed by atoms with E-state index in [1.165, 1.54) is 0 Å². The standard InChI is InChI=1S/C17H25N.2C3H6/c1-8-17(6,7)15(4)11-9-13(2)14(3)10-12-16(5)18;2*1-3-2/h9-12H,2-5,8,18H2,1,6-7H3;2*3H,1H2,2H3/b11-9-,12-10-;;. The van der Waals surface area contributed by atoms with Crippen LogP contribution in [-0.4, -0.2) is 0 Å². The first-order valence-electron chi connectivity index (χ1n) is 8.06. The Morgan fingerprint density at radius 2 is 1.17 bits per heavy atom. The quantitative estimate of drug-likeness (QED) is 0.393. The summed E-state index contributed by atoms with van der Waals surface area (Å²) in [4.78, 5) is 0. The van der Waals surface area contributed by atoms with E-state index in [0.29, 0.717) is 5.70 Å². The monoisotopic (exact) mass is 327 g/mol. The zero-order valence-electron chi connectivity index (χ0n) is 16.5. The predicted molar refractivity (Wildman–Crippen MR) is 115 cm³/mol. The van der Waals surface area contributed by atoms with Gasteiger partial charge in [0.2, 0.25) is 0 Å². The van der Waals surface area contributed by atoms with Crippen molar-refractivity contribution in [3.63, 3.8) is 0 Å². The van der Waals surface area contributed by atoms with E-state index in [4.69, 9.17) is 5.73 Å². The summed E-state index contributed by atoms with van der Waals surface area (Å²) in [6.45, 7) is 32.6. The Bertz CT molecular complexity index is 490. The summed E-state index contributed by atoms with van der Waals surface area (Å²) >= 11 is 0. The van der Waals surface area contributed by atoms with Crippen LogP contribution in [0.3, 0.4) is 0 Å². The number of hydrogen-bond donors (Lipinski definition) is 1. The maximum atomic E-state index is 5.45. The van der Waals surface area contributed by atoms with E-state index in [-0.39, 0.29) is 5.41 Å². The lowest BCUT2D eigenvalue weighted by molar-refractivity contribution is 0.441. The molecular formula is C23H37N. The van der Waals surface area contributed by atoms with Gasteiger partial charge in [-0.3, -0.25) is 0 Å². The second kappa shape index (κ2) is 15.6. The molecule has 1 nitrogen and oxygen atoms in total. The van der Waals surface area contributed by atoms with E-state index in [2.05, 4.69) is 60.2 Å². The molecule has 0 saturated carbocycles. The lowest BCUT2D eigenvalue weighted by atomic mass is 9.82. The Hall–Kier alpha value is -2.28. The molecule has 0 aliphatic rings. The molecule has 1 heteroatoms. The third kappa shape index (κ3) is 16.1. The van der Waals surface area contributed by atoms with E-state index >= 15 is 0 Å².